The summed E-state index contributed by atoms with van der Waals surface area (Å²) in [6.07, 6.45) is -0.301. The van der Waals surface area contributed by atoms with Crippen molar-refractivity contribution in [3.8, 4) is 5.75 Å². The quantitative estimate of drug-likeness (QED) is 0.730. The lowest BCUT2D eigenvalue weighted by Gasteiger charge is -2.38. The lowest BCUT2D eigenvalue weighted by molar-refractivity contribution is 0.0664. The van der Waals surface area contributed by atoms with E-state index in [2.05, 4.69) is 36.5 Å². The molecule has 0 aromatic heterocycles. The van der Waals surface area contributed by atoms with Gasteiger partial charge in [-0.05, 0) is 30.7 Å². The highest BCUT2D eigenvalue weighted by Crippen LogP contribution is 2.37. The highest BCUT2D eigenvalue weighted by atomic mass is 16.5. The first-order valence-electron chi connectivity index (χ1n) is 9.02. The molecular formula is C23H22N2O2. The van der Waals surface area contributed by atoms with Gasteiger partial charge >= 0.3 is 0 Å². The minimum Gasteiger partial charge on any atom is -0.496 e. The molecule has 0 saturated heterocycles. The molecule has 4 rings (SSSR count). The van der Waals surface area contributed by atoms with Crippen molar-refractivity contribution >= 4 is 11.6 Å². The van der Waals surface area contributed by atoms with Crippen LogP contribution in [0.15, 0.2) is 72.8 Å². The Labute approximate surface area is 159 Å². The number of carbonyl (C=O) groups is 1. The number of para-hydroxylation sites is 2. The fraction of sp³-hybridized carbons (Fsp3) is 0.174. The molecular weight excluding hydrogens is 336 g/mol. The molecule has 1 N–H and O–H groups in total. The van der Waals surface area contributed by atoms with Crippen LogP contribution in [0.5, 0.6) is 5.75 Å². The van der Waals surface area contributed by atoms with Crippen molar-refractivity contribution in [3.05, 3.63) is 95.1 Å². The first kappa shape index (κ1) is 17.2. The third kappa shape index (κ3) is 3.26. The van der Waals surface area contributed by atoms with E-state index in [0.29, 0.717) is 12.1 Å². The van der Waals surface area contributed by atoms with Crippen LogP contribution in [0.3, 0.4) is 0 Å². The Hall–Kier alpha value is -3.27. The number of aryl methyl sites for hydroxylation is 1. The maximum absolute atomic E-state index is 13.3. The predicted molar refractivity (Wildman–Crippen MR) is 107 cm³/mol. The van der Waals surface area contributed by atoms with Crippen molar-refractivity contribution in [1.82, 2.24) is 4.90 Å². The minimum absolute atomic E-state index is 0.0147. The Balaban J connectivity index is 1.78. The molecule has 27 heavy (non-hydrogen) atoms. The van der Waals surface area contributed by atoms with Gasteiger partial charge < -0.3 is 15.0 Å². The van der Waals surface area contributed by atoms with Gasteiger partial charge in [0.25, 0.3) is 5.91 Å². The van der Waals surface area contributed by atoms with Crippen molar-refractivity contribution in [1.29, 1.82) is 0 Å². The van der Waals surface area contributed by atoms with Crippen LogP contribution in [-0.2, 0) is 6.54 Å². The first-order chi connectivity index (χ1) is 13.2. The number of benzene rings is 3. The summed E-state index contributed by atoms with van der Waals surface area (Å²) in [6.45, 7) is 2.58. The van der Waals surface area contributed by atoms with Gasteiger partial charge in [-0.15, -0.1) is 0 Å². The lowest BCUT2D eigenvalue weighted by Crippen LogP contribution is -2.42. The topological polar surface area (TPSA) is 41.6 Å². The molecule has 136 valence electrons. The number of hydrogen-bond acceptors (Lipinski definition) is 3. The summed E-state index contributed by atoms with van der Waals surface area (Å²) in [5.41, 5.74) is 4.77. The van der Waals surface area contributed by atoms with Gasteiger partial charge in [-0.3, -0.25) is 4.79 Å². The van der Waals surface area contributed by atoms with Crippen LogP contribution in [-0.4, -0.2) is 17.9 Å². The number of nitrogens with zero attached hydrogens (tertiary/aromatic N) is 1. The molecule has 0 radical (unpaired) electrons. The largest absolute Gasteiger partial charge is 0.496 e. The van der Waals surface area contributed by atoms with Crippen LogP contribution >= 0.6 is 0 Å². The monoisotopic (exact) mass is 358 g/mol. The van der Waals surface area contributed by atoms with Crippen molar-refractivity contribution in [2.45, 2.75) is 19.6 Å². The second kappa shape index (κ2) is 7.16. The minimum atomic E-state index is -0.301. The van der Waals surface area contributed by atoms with E-state index in [-0.39, 0.29) is 12.1 Å². The molecule has 4 nitrogen and oxygen atoms in total. The molecule has 3 aromatic carbocycles. The number of rotatable bonds is 4. The Bertz CT molecular complexity index is 966. The van der Waals surface area contributed by atoms with E-state index in [0.717, 1.165) is 22.6 Å². The van der Waals surface area contributed by atoms with Gasteiger partial charge in [0.15, 0.2) is 0 Å². The Morgan fingerprint density at radius 2 is 1.67 bits per heavy atom. The first-order valence-corrected chi connectivity index (χ1v) is 9.02. The maximum atomic E-state index is 13.3. The molecule has 1 heterocycles. The van der Waals surface area contributed by atoms with Crippen LogP contribution < -0.4 is 10.1 Å². The molecule has 1 atom stereocenters. The predicted octanol–water partition coefficient (Wildman–Crippen LogP) is 4.77. The molecule has 1 aliphatic rings. The van der Waals surface area contributed by atoms with E-state index in [9.17, 15) is 4.79 Å². The third-order valence-corrected chi connectivity index (χ3v) is 4.93. The van der Waals surface area contributed by atoms with Gasteiger partial charge in [0.05, 0.1) is 12.7 Å². The summed E-state index contributed by atoms with van der Waals surface area (Å²) in [4.78, 5) is 15.2. The van der Waals surface area contributed by atoms with Crippen molar-refractivity contribution in [2.24, 2.45) is 0 Å². The van der Waals surface area contributed by atoms with Crippen LogP contribution in [0.25, 0.3) is 0 Å². The number of methoxy groups -OCH3 is 1. The summed E-state index contributed by atoms with van der Waals surface area (Å²) < 4.78 is 5.56. The molecule has 4 heteroatoms. The summed E-state index contributed by atoms with van der Waals surface area (Å²) in [6, 6.07) is 23.8. The lowest BCUT2D eigenvalue weighted by atomic mass is 10.0. The Morgan fingerprint density at radius 1 is 0.963 bits per heavy atom. The fourth-order valence-corrected chi connectivity index (χ4v) is 3.48. The number of hydrogen-bond donors (Lipinski definition) is 1. The number of amides is 1. The number of carbonyl (C=O) groups excluding carboxylic acids is 1. The Kier molecular flexibility index (Phi) is 4.55. The molecule has 0 aliphatic carbocycles. The summed E-state index contributed by atoms with van der Waals surface area (Å²) in [5, 5.41) is 3.53. The van der Waals surface area contributed by atoms with E-state index >= 15 is 0 Å². The van der Waals surface area contributed by atoms with E-state index in [1.165, 1.54) is 5.56 Å². The van der Waals surface area contributed by atoms with Crippen LogP contribution in [0.1, 0.15) is 33.2 Å². The average Bonchev–Trinajstić information content (AvgIpc) is 2.71. The van der Waals surface area contributed by atoms with E-state index in [1.54, 1.807) is 7.11 Å². The number of anilines is 1. The van der Waals surface area contributed by atoms with E-state index in [4.69, 9.17) is 4.74 Å². The number of nitrogens with one attached hydrogen (secondary N) is 1. The van der Waals surface area contributed by atoms with Gasteiger partial charge in [0, 0.05) is 17.8 Å². The SMILES string of the molecule is COc1ccccc1[C@H]1Nc2ccccc2C(=O)N1Cc1ccc(C)cc1. The number of fused-ring (bicyclic) bond motifs is 1. The summed E-state index contributed by atoms with van der Waals surface area (Å²) >= 11 is 0. The van der Waals surface area contributed by atoms with Gasteiger partial charge in [-0.25, -0.2) is 0 Å². The molecule has 0 fully saturated rings. The van der Waals surface area contributed by atoms with Gasteiger partial charge in [0.2, 0.25) is 0 Å². The number of ether oxygens (including phenoxy) is 1. The summed E-state index contributed by atoms with van der Waals surface area (Å²) in [5.74, 6) is 0.775. The highest BCUT2D eigenvalue weighted by Gasteiger charge is 2.34. The average molecular weight is 358 g/mol. The van der Waals surface area contributed by atoms with Gasteiger partial charge in [0.1, 0.15) is 11.9 Å². The smallest absolute Gasteiger partial charge is 0.258 e. The highest BCUT2D eigenvalue weighted by molar-refractivity contribution is 6.01. The molecule has 0 bridgehead atoms. The van der Waals surface area contributed by atoms with Crippen LogP contribution in [0.2, 0.25) is 0 Å². The molecule has 1 aliphatic heterocycles. The Morgan fingerprint density at radius 3 is 2.44 bits per heavy atom. The van der Waals surface area contributed by atoms with Crippen molar-refractivity contribution < 1.29 is 9.53 Å². The molecule has 1 amide bonds. The maximum Gasteiger partial charge on any atom is 0.258 e. The fourth-order valence-electron chi connectivity index (χ4n) is 3.48. The van der Waals surface area contributed by atoms with E-state index < -0.39 is 0 Å². The molecule has 0 saturated carbocycles. The zero-order chi connectivity index (χ0) is 18.8. The van der Waals surface area contributed by atoms with Gasteiger partial charge in [-0.1, -0.05) is 60.2 Å². The van der Waals surface area contributed by atoms with Crippen molar-refractivity contribution in [2.75, 3.05) is 12.4 Å². The van der Waals surface area contributed by atoms with Crippen LogP contribution in [0, 0.1) is 6.92 Å². The normalized spacial score (nSPS) is 15.9. The van der Waals surface area contributed by atoms with E-state index in [1.807, 2.05) is 53.4 Å². The third-order valence-electron chi connectivity index (χ3n) is 4.93. The molecule has 0 unspecified atom stereocenters. The second-order valence-electron chi connectivity index (χ2n) is 6.75. The second-order valence-corrected chi connectivity index (χ2v) is 6.75. The molecule has 3 aromatic rings. The zero-order valence-corrected chi connectivity index (χ0v) is 15.5. The van der Waals surface area contributed by atoms with Crippen LogP contribution in [0.4, 0.5) is 5.69 Å². The molecule has 0 spiro atoms. The summed E-state index contributed by atoms with van der Waals surface area (Å²) in [7, 11) is 1.65. The van der Waals surface area contributed by atoms with Crippen molar-refractivity contribution in [3.63, 3.8) is 0 Å². The zero-order valence-electron chi connectivity index (χ0n) is 15.5. The van der Waals surface area contributed by atoms with Gasteiger partial charge in [-0.2, -0.15) is 0 Å². The standard InChI is InChI=1S/C23H22N2O2/c1-16-11-13-17(14-12-16)15-25-22(19-8-4-6-10-21(19)27-2)24-20-9-5-3-7-18(20)23(25)26/h3-14,22,24H,15H2,1-2H3/t22-/m0/s1.